The number of nitrogens with one attached hydrogen (secondary N) is 2. The molecule has 2 amide bonds. The number of rotatable bonds is 6. The number of piperidine rings is 1. The van der Waals surface area contributed by atoms with E-state index < -0.39 is 11.7 Å². The number of aryl methyl sites for hydroxylation is 1. The lowest BCUT2D eigenvalue weighted by atomic mass is 10.1. The number of carbonyl (C=O) groups excluding carboxylic acids is 1. The van der Waals surface area contributed by atoms with E-state index in [1.165, 1.54) is 5.57 Å². The Morgan fingerprint density at radius 2 is 1.91 bits per heavy atom. The molecule has 1 aliphatic rings. The number of likely N-dealkylation sites (tertiary alicyclic amines) is 1. The molecule has 0 aliphatic carbocycles. The van der Waals surface area contributed by atoms with E-state index in [2.05, 4.69) is 42.5 Å². The Morgan fingerprint density at radius 3 is 2.66 bits per heavy atom. The molecule has 4 rings (SSSR count). The third-order valence-corrected chi connectivity index (χ3v) is 6.24. The summed E-state index contributed by atoms with van der Waals surface area (Å²) in [7, 11) is 2.11. The van der Waals surface area contributed by atoms with E-state index in [1.54, 1.807) is 6.07 Å². The maximum absolute atomic E-state index is 12.7. The van der Waals surface area contributed by atoms with Gasteiger partial charge in [-0.2, -0.15) is 0 Å². The highest BCUT2D eigenvalue weighted by atomic mass is 16.5. The first-order valence-electron chi connectivity index (χ1n) is 12.0. The van der Waals surface area contributed by atoms with Crippen LogP contribution < -0.4 is 21.0 Å². The van der Waals surface area contributed by atoms with Crippen LogP contribution in [0.25, 0.3) is 11.0 Å². The highest BCUT2D eigenvalue weighted by Crippen LogP contribution is 2.30. The minimum atomic E-state index is -0.607. The van der Waals surface area contributed by atoms with Crippen molar-refractivity contribution < 1.29 is 13.9 Å². The number of carbonyl (C=O) groups is 1. The van der Waals surface area contributed by atoms with Crippen LogP contribution in [0, 0.1) is 6.92 Å². The molecule has 2 heterocycles. The number of urea groups is 1. The number of anilines is 2. The summed E-state index contributed by atoms with van der Waals surface area (Å²) in [5, 5.41) is 6.13. The second-order valence-corrected chi connectivity index (χ2v) is 9.44. The summed E-state index contributed by atoms with van der Waals surface area (Å²) in [6.07, 6.45) is 5.00. The van der Waals surface area contributed by atoms with Gasteiger partial charge in [-0.25, -0.2) is 9.59 Å². The van der Waals surface area contributed by atoms with Crippen molar-refractivity contribution in [3.8, 4) is 5.75 Å². The summed E-state index contributed by atoms with van der Waals surface area (Å²) in [5.74, 6) is 0.724. The van der Waals surface area contributed by atoms with Gasteiger partial charge in [0, 0.05) is 29.7 Å². The number of amides is 2. The van der Waals surface area contributed by atoms with Crippen LogP contribution in [0.3, 0.4) is 0 Å². The second kappa shape index (κ2) is 10.8. The lowest BCUT2D eigenvalue weighted by Crippen LogP contribution is -2.35. The molecule has 35 heavy (non-hydrogen) atoms. The molecule has 0 unspecified atom stereocenters. The van der Waals surface area contributed by atoms with Gasteiger partial charge in [-0.15, -0.1) is 0 Å². The van der Waals surface area contributed by atoms with Crippen LogP contribution in [0.4, 0.5) is 16.2 Å². The Labute approximate surface area is 205 Å². The lowest BCUT2D eigenvalue weighted by molar-refractivity contribution is 0.113. The number of benzene rings is 2. The van der Waals surface area contributed by atoms with Crippen molar-refractivity contribution in [1.82, 2.24) is 4.90 Å². The predicted octanol–water partition coefficient (Wildman–Crippen LogP) is 5.73. The molecular formula is C28H33N3O4. The molecule has 2 N–H and O–H groups in total. The van der Waals surface area contributed by atoms with Gasteiger partial charge in [0.1, 0.15) is 23.1 Å². The van der Waals surface area contributed by atoms with Gasteiger partial charge >= 0.3 is 11.7 Å². The molecule has 0 bridgehead atoms. The molecule has 184 valence electrons. The summed E-state index contributed by atoms with van der Waals surface area (Å²) in [4.78, 5) is 27.5. The number of allylic oxidation sites excluding steroid dienone is 2. The lowest BCUT2D eigenvalue weighted by Gasteiger charge is -2.29. The summed E-state index contributed by atoms with van der Waals surface area (Å²) in [5.41, 5.74) is 3.70. The molecular weight excluding hydrogens is 442 g/mol. The van der Waals surface area contributed by atoms with Crippen LogP contribution in [0.1, 0.15) is 37.8 Å². The number of hydrogen-bond acceptors (Lipinski definition) is 5. The van der Waals surface area contributed by atoms with E-state index in [-0.39, 0.29) is 11.8 Å². The molecule has 1 aliphatic heterocycles. The molecule has 0 saturated carbocycles. The maximum atomic E-state index is 12.7. The number of nitrogens with zero attached hydrogens (tertiary/aromatic N) is 1. The van der Waals surface area contributed by atoms with Crippen LogP contribution in [0.5, 0.6) is 5.75 Å². The van der Waals surface area contributed by atoms with Crippen LogP contribution in [-0.4, -0.2) is 37.2 Å². The molecule has 3 aromatic rings. The highest BCUT2D eigenvalue weighted by molar-refractivity contribution is 6.00. The van der Waals surface area contributed by atoms with Gasteiger partial charge in [-0.05, 0) is 83.0 Å². The predicted molar refractivity (Wildman–Crippen MR) is 141 cm³/mol. The fourth-order valence-corrected chi connectivity index (χ4v) is 4.19. The largest absolute Gasteiger partial charge is 0.490 e. The zero-order valence-corrected chi connectivity index (χ0v) is 20.8. The standard InChI is InChI=1S/C28H33N3O4/c1-18(2)8-9-20-6-5-7-22(16-20)29-28(33)30-24-17-21-10-11-25(19(3)26(21)35-27(24)32)34-23-12-14-31(4)15-13-23/h5-8,10-11,16-17,23H,9,12-15H2,1-4H3,(H2,29,30,33). The van der Waals surface area contributed by atoms with Crippen molar-refractivity contribution in [2.75, 3.05) is 30.8 Å². The highest BCUT2D eigenvalue weighted by Gasteiger charge is 2.20. The van der Waals surface area contributed by atoms with Crippen LogP contribution in [0.2, 0.25) is 0 Å². The van der Waals surface area contributed by atoms with Gasteiger partial charge in [0.15, 0.2) is 0 Å². The smallest absolute Gasteiger partial charge is 0.360 e. The Bertz CT molecular complexity index is 1300. The minimum Gasteiger partial charge on any atom is -0.490 e. The first-order valence-corrected chi connectivity index (χ1v) is 12.0. The monoisotopic (exact) mass is 475 g/mol. The minimum absolute atomic E-state index is 0.0825. The number of hydrogen-bond donors (Lipinski definition) is 2. The third kappa shape index (κ3) is 6.31. The van der Waals surface area contributed by atoms with Crippen LogP contribution >= 0.6 is 0 Å². The van der Waals surface area contributed by atoms with Crippen molar-refractivity contribution >= 4 is 28.4 Å². The molecule has 0 atom stereocenters. The van der Waals surface area contributed by atoms with Gasteiger partial charge in [0.05, 0.1) is 0 Å². The van der Waals surface area contributed by atoms with Gasteiger partial charge in [0.25, 0.3) is 0 Å². The summed E-state index contributed by atoms with van der Waals surface area (Å²) >= 11 is 0. The molecule has 1 saturated heterocycles. The van der Waals surface area contributed by atoms with Crippen molar-refractivity contribution in [1.29, 1.82) is 0 Å². The zero-order chi connectivity index (χ0) is 24.9. The average molecular weight is 476 g/mol. The molecule has 1 aromatic heterocycles. The summed E-state index contributed by atoms with van der Waals surface area (Å²) < 4.78 is 11.8. The molecule has 0 radical (unpaired) electrons. The van der Waals surface area contributed by atoms with E-state index in [0.29, 0.717) is 11.3 Å². The Hall–Kier alpha value is -3.58. The number of ether oxygens (including phenoxy) is 1. The van der Waals surface area contributed by atoms with Crippen molar-refractivity contribution in [2.24, 2.45) is 0 Å². The third-order valence-electron chi connectivity index (χ3n) is 6.24. The molecule has 7 heteroatoms. The van der Waals surface area contributed by atoms with Crippen LogP contribution in [0.15, 0.2) is 63.3 Å². The molecule has 7 nitrogen and oxygen atoms in total. The topological polar surface area (TPSA) is 83.8 Å². The SMILES string of the molecule is CC(C)=CCc1cccc(NC(=O)Nc2cc3ccc(OC4CCN(C)CC4)c(C)c3oc2=O)c1. The zero-order valence-electron chi connectivity index (χ0n) is 20.8. The van der Waals surface area contributed by atoms with Gasteiger partial charge < -0.3 is 24.7 Å². The van der Waals surface area contributed by atoms with E-state index in [0.717, 1.165) is 54.6 Å². The van der Waals surface area contributed by atoms with E-state index in [1.807, 2.05) is 43.3 Å². The fourth-order valence-electron chi connectivity index (χ4n) is 4.19. The normalized spacial score (nSPS) is 14.5. The van der Waals surface area contributed by atoms with Crippen molar-refractivity contribution in [3.05, 3.63) is 75.7 Å². The number of fused-ring (bicyclic) bond motifs is 1. The van der Waals surface area contributed by atoms with Gasteiger partial charge in [-0.3, -0.25) is 0 Å². The first-order chi connectivity index (χ1) is 16.8. The molecule has 1 fully saturated rings. The summed E-state index contributed by atoms with van der Waals surface area (Å²) in [6, 6.07) is 12.5. The maximum Gasteiger partial charge on any atom is 0.360 e. The van der Waals surface area contributed by atoms with Gasteiger partial charge in [0.2, 0.25) is 0 Å². The Kier molecular flexibility index (Phi) is 7.56. The second-order valence-electron chi connectivity index (χ2n) is 9.44. The average Bonchev–Trinajstić information content (AvgIpc) is 2.82. The fraction of sp³-hybridized carbons (Fsp3) is 0.357. The molecule has 2 aromatic carbocycles. The summed E-state index contributed by atoms with van der Waals surface area (Å²) in [6.45, 7) is 8.00. The van der Waals surface area contributed by atoms with E-state index in [9.17, 15) is 9.59 Å². The van der Waals surface area contributed by atoms with Crippen molar-refractivity contribution in [3.63, 3.8) is 0 Å². The first kappa shape index (κ1) is 24.5. The van der Waals surface area contributed by atoms with Gasteiger partial charge in [-0.1, -0.05) is 23.8 Å². The molecule has 0 spiro atoms. The Balaban J connectivity index is 1.47. The quantitative estimate of drug-likeness (QED) is 0.352. The Morgan fingerprint density at radius 1 is 1.14 bits per heavy atom. The van der Waals surface area contributed by atoms with Crippen LogP contribution in [-0.2, 0) is 6.42 Å². The van der Waals surface area contributed by atoms with E-state index >= 15 is 0 Å². The van der Waals surface area contributed by atoms with Crippen molar-refractivity contribution in [2.45, 2.75) is 46.1 Å². The van der Waals surface area contributed by atoms with E-state index in [4.69, 9.17) is 9.15 Å².